The summed E-state index contributed by atoms with van der Waals surface area (Å²) in [6, 6.07) is 15.4. The molecule has 1 aliphatic rings. The summed E-state index contributed by atoms with van der Waals surface area (Å²) in [5.41, 5.74) is 1.20. The number of rotatable bonds is 14. The van der Waals surface area contributed by atoms with Gasteiger partial charge in [-0.3, -0.25) is 9.59 Å². The molecule has 1 saturated heterocycles. The Morgan fingerprint density at radius 1 is 1.10 bits per heavy atom. The Hall–Kier alpha value is -3.39. The molecule has 0 radical (unpaired) electrons. The third-order valence-corrected chi connectivity index (χ3v) is 8.23. The van der Waals surface area contributed by atoms with Gasteiger partial charge in [0.05, 0.1) is 6.04 Å². The summed E-state index contributed by atoms with van der Waals surface area (Å²) in [4.78, 5) is 50.6. The van der Waals surface area contributed by atoms with E-state index in [-0.39, 0.29) is 24.2 Å². The number of carbonyl (C=O) groups is 4. The van der Waals surface area contributed by atoms with Crippen molar-refractivity contribution in [1.82, 2.24) is 16.0 Å². The van der Waals surface area contributed by atoms with Crippen molar-refractivity contribution >= 4 is 35.8 Å². The lowest BCUT2D eigenvalue weighted by atomic mass is 9.69. The normalized spacial score (nSPS) is 17.3. The van der Waals surface area contributed by atoms with E-state index in [0.717, 1.165) is 11.1 Å². The number of nitrogens with one attached hydrogen (secondary N) is 3. The maximum Gasteiger partial charge on any atom is 0.408 e. The zero-order valence-electron chi connectivity index (χ0n) is 24.3. The Labute approximate surface area is 247 Å². The third-order valence-electron chi connectivity index (χ3n) is 8.00. The number of aldehydes is 1. The average molecular weight is 584 g/mol. The minimum absolute atomic E-state index is 0.0723. The summed E-state index contributed by atoms with van der Waals surface area (Å²) in [5.74, 6) is -0.868. The highest BCUT2D eigenvalue weighted by Crippen LogP contribution is 2.46. The number of halogens is 1. The first-order valence-electron chi connectivity index (χ1n) is 14.4. The van der Waals surface area contributed by atoms with Gasteiger partial charge in [0.2, 0.25) is 11.8 Å². The molecule has 2 aromatic rings. The van der Waals surface area contributed by atoms with E-state index in [4.69, 9.17) is 16.3 Å². The molecule has 222 valence electrons. The highest BCUT2D eigenvalue weighted by Gasteiger charge is 2.42. The number of hydrogen-bond donors (Lipinski definition) is 3. The second-order valence-corrected chi connectivity index (χ2v) is 11.6. The van der Waals surface area contributed by atoms with Gasteiger partial charge in [-0.05, 0) is 61.3 Å². The molecule has 1 aliphatic heterocycles. The maximum atomic E-state index is 13.5. The van der Waals surface area contributed by atoms with Crippen LogP contribution >= 0.6 is 11.6 Å². The molecule has 4 unspecified atom stereocenters. The van der Waals surface area contributed by atoms with E-state index in [1.165, 1.54) is 0 Å². The van der Waals surface area contributed by atoms with Gasteiger partial charge in [-0.2, -0.15) is 0 Å². The summed E-state index contributed by atoms with van der Waals surface area (Å²) >= 11 is 6.38. The molecule has 9 heteroatoms. The first-order valence-corrected chi connectivity index (χ1v) is 14.8. The lowest BCUT2D eigenvalue weighted by Crippen LogP contribution is -2.51. The third kappa shape index (κ3) is 8.32. The van der Waals surface area contributed by atoms with Crippen molar-refractivity contribution in [1.29, 1.82) is 0 Å². The Morgan fingerprint density at radius 3 is 2.37 bits per heavy atom. The largest absolute Gasteiger partial charge is 0.440 e. The molecular formula is C32H42ClN3O5. The highest BCUT2D eigenvalue weighted by atomic mass is 35.5. The zero-order valence-corrected chi connectivity index (χ0v) is 25.1. The van der Waals surface area contributed by atoms with E-state index in [2.05, 4.69) is 29.8 Å². The van der Waals surface area contributed by atoms with Crippen LogP contribution in [0.4, 0.5) is 4.79 Å². The fraction of sp³-hybridized carbons (Fsp3) is 0.500. The van der Waals surface area contributed by atoms with E-state index in [1.807, 2.05) is 68.4 Å². The summed E-state index contributed by atoms with van der Waals surface area (Å²) in [7, 11) is 0. The molecule has 0 aliphatic carbocycles. The number of ether oxygens (including phenoxy) is 1. The van der Waals surface area contributed by atoms with Gasteiger partial charge in [0.15, 0.2) is 0 Å². The van der Waals surface area contributed by atoms with Crippen LogP contribution in [0.15, 0.2) is 54.6 Å². The van der Waals surface area contributed by atoms with Gasteiger partial charge in [-0.15, -0.1) is 0 Å². The van der Waals surface area contributed by atoms with Crippen molar-refractivity contribution < 1.29 is 23.9 Å². The lowest BCUT2D eigenvalue weighted by molar-refractivity contribution is -0.127. The smallest absolute Gasteiger partial charge is 0.408 e. The van der Waals surface area contributed by atoms with E-state index >= 15 is 0 Å². The average Bonchev–Trinajstić information content (AvgIpc) is 3.36. The molecule has 4 atom stereocenters. The van der Waals surface area contributed by atoms with E-state index in [9.17, 15) is 19.2 Å². The first kappa shape index (κ1) is 32.1. The number of hydrogen-bond acceptors (Lipinski definition) is 5. The predicted molar refractivity (Wildman–Crippen MR) is 159 cm³/mol. The fourth-order valence-corrected chi connectivity index (χ4v) is 5.89. The Kier molecular flexibility index (Phi) is 11.8. The van der Waals surface area contributed by atoms with Crippen molar-refractivity contribution in [3.63, 3.8) is 0 Å². The molecule has 0 bridgehead atoms. The molecule has 3 amide bonds. The van der Waals surface area contributed by atoms with Crippen LogP contribution in [-0.2, 0) is 24.5 Å². The first-order chi connectivity index (χ1) is 19.6. The summed E-state index contributed by atoms with van der Waals surface area (Å²) in [6.45, 7) is 8.56. The molecule has 3 N–H and O–H groups in total. The Morgan fingerprint density at radius 2 is 1.80 bits per heavy atom. The standard InChI is InChI=1S/C32H42ClN3O5/c1-5-32(6-2,24-13-10-14-25(33)19-24)28(22-11-8-7-9-12-22)41-31(40)36-27(17-21(3)4)30(39)35-26(20-37)18-23-15-16-34-29(23)38/h7-14,19-21,23,26-28H,5-6,15-18H2,1-4H3,(H,34,38)(H,35,39)(H,36,40). The predicted octanol–water partition coefficient (Wildman–Crippen LogP) is 5.49. The van der Waals surface area contributed by atoms with E-state index in [1.54, 1.807) is 0 Å². The van der Waals surface area contributed by atoms with Crippen LogP contribution in [0.5, 0.6) is 0 Å². The Bertz CT molecular complexity index is 1180. The van der Waals surface area contributed by atoms with Gasteiger partial charge in [0.1, 0.15) is 18.4 Å². The van der Waals surface area contributed by atoms with Crippen LogP contribution < -0.4 is 16.0 Å². The molecule has 3 rings (SSSR count). The summed E-state index contributed by atoms with van der Waals surface area (Å²) in [5, 5.41) is 8.83. The van der Waals surface area contributed by atoms with Crippen molar-refractivity contribution in [2.45, 2.75) is 83.4 Å². The topological polar surface area (TPSA) is 114 Å². The molecule has 0 aromatic heterocycles. The fourth-order valence-electron chi connectivity index (χ4n) is 5.70. The SMILES string of the molecule is CCC(CC)(c1cccc(Cl)c1)C(OC(=O)NC(CC(C)C)C(=O)NC(C=O)CC1CCNC1=O)c1ccccc1. The van der Waals surface area contributed by atoms with Gasteiger partial charge < -0.3 is 25.5 Å². The second kappa shape index (κ2) is 15.0. The van der Waals surface area contributed by atoms with Crippen molar-refractivity contribution in [3.8, 4) is 0 Å². The highest BCUT2D eigenvalue weighted by molar-refractivity contribution is 6.30. The lowest BCUT2D eigenvalue weighted by Gasteiger charge is -2.40. The molecule has 1 heterocycles. The van der Waals surface area contributed by atoms with Gasteiger partial charge in [0, 0.05) is 22.9 Å². The molecule has 8 nitrogen and oxygen atoms in total. The Balaban J connectivity index is 1.84. The summed E-state index contributed by atoms with van der Waals surface area (Å²) in [6.07, 6.45) is 1.75. The van der Waals surface area contributed by atoms with Gasteiger partial charge in [0.25, 0.3) is 0 Å². The van der Waals surface area contributed by atoms with E-state index in [0.29, 0.717) is 43.5 Å². The number of carbonyl (C=O) groups excluding carboxylic acids is 4. The monoisotopic (exact) mass is 583 g/mol. The minimum atomic E-state index is -0.928. The second-order valence-electron chi connectivity index (χ2n) is 11.2. The summed E-state index contributed by atoms with van der Waals surface area (Å²) < 4.78 is 6.20. The minimum Gasteiger partial charge on any atom is -0.440 e. The number of alkyl carbamates (subject to hydrolysis) is 1. The van der Waals surface area contributed by atoms with Crippen LogP contribution in [-0.4, -0.2) is 42.8 Å². The van der Waals surface area contributed by atoms with Crippen LogP contribution in [0.1, 0.15) is 77.0 Å². The van der Waals surface area contributed by atoms with Crippen molar-refractivity contribution in [2.75, 3.05) is 6.54 Å². The van der Waals surface area contributed by atoms with Crippen LogP contribution in [0.2, 0.25) is 5.02 Å². The van der Waals surface area contributed by atoms with Gasteiger partial charge >= 0.3 is 6.09 Å². The van der Waals surface area contributed by atoms with Crippen LogP contribution in [0.25, 0.3) is 0 Å². The van der Waals surface area contributed by atoms with Crippen molar-refractivity contribution in [2.24, 2.45) is 11.8 Å². The number of amides is 3. The molecule has 0 spiro atoms. The van der Waals surface area contributed by atoms with Crippen molar-refractivity contribution in [3.05, 3.63) is 70.7 Å². The zero-order chi connectivity index (χ0) is 30.0. The van der Waals surface area contributed by atoms with Crippen LogP contribution in [0, 0.1) is 11.8 Å². The quantitative estimate of drug-likeness (QED) is 0.255. The van der Waals surface area contributed by atoms with E-state index < -0.39 is 35.6 Å². The molecular weight excluding hydrogens is 542 g/mol. The number of benzene rings is 2. The van der Waals surface area contributed by atoms with Gasteiger partial charge in [-0.1, -0.05) is 81.8 Å². The maximum absolute atomic E-state index is 13.5. The van der Waals surface area contributed by atoms with Gasteiger partial charge in [-0.25, -0.2) is 4.79 Å². The molecule has 0 saturated carbocycles. The molecule has 2 aromatic carbocycles. The molecule has 1 fully saturated rings. The van der Waals surface area contributed by atoms with Crippen LogP contribution in [0.3, 0.4) is 0 Å². The molecule has 41 heavy (non-hydrogen) atoms.